The third-order valence-corrected chi connectivity index (χ3v) is 29.0. The minimum atomic E-state index is -1.02. The van der Waals surface area contributed by atoms with Crippen LogP contribution in [-0.2, 0) is 5.41 Å². The van der Waals surface area contributed by atoms with E-state index in [1.165, 1.54) is 132 Å². The van der Waals surface area contributed by atoms with Gasteiger partial charge in [-0.15, -0.1) is 0 Å². The largest absolute Gasteiger partial charge is 0.332 e. The number of para-hydroxylation sites is 10. The number of benzene rings is 18. The molecular formula is C121H80N8. The fraction of sp³-hybridized carbons (Fsp3) is 0.0413. The number of fused-ring (bicyclic) bond motifs is 28. The predicted octanol–water partition coefficient (Wildman–Crippen LogP) is 30.1. The van der Waals surface area contributed by atoms with Crippen molar-refractivity contribution in [3.8, 4) is 34.1 Å². The molecule has 0 saturated heterocycles. The number of hydrogen-bond acceptors (Lipinski definition) is 2. The summed E-state index contributed by atoms with van der Waals surface area (Å²) in [6.07, 6.45) is 18.5. The summed E-state index contributed by atoms with van der Waals surface area (Å²) in [7, 11) is 0. The average Bonchev–Trinajstić information content (AvgIpc) is 1.55. The van der Waals surface area contributed by atoms with Crippen LogP contribution in [-0.4, -0.2) is 39.5 Å². The van der Waals surface area contributed by atoms with Crippen LogP contribution >= 0.6 is 0 Å². The minimum Gasteiger partial charge on any atom is -0.332 e. The molecule has 6 aromatic heterocycles. The van der Waals surface area contributed by atoms with Gasteiger partial charge in [0, 0.05) is 122 Å². The van der Waals surface area contributed by atoms with Crippen LogP contribution in [0.2, 0.25) is 0 Å². The second-order valence-corrected chi connectivity index (χ2v) is 35.2. The lowest BCUT2D eigenvalue weighted by molar-refractivity contribution is 0.743. The molecule has 8 heteroatoms. The number of hydrogen-bond donors (Lipinski definition) is 0. The number of rotatable bonds is 12. The van der Waals surface area contributed by atoms with Gasteiger partial charge in [0.25, 0.3) is 0 Å². The minimum absolute atomic E-state index is 0.101. The van der Waals surface area contributed by atoms with Gasteiger partial charge in [-0.05, 0) is 167 Å². The second kappa shape index (κ2) is 27.7. The Morgan fingerprint density at radius 2 is 0.372 bits per heavy atom. The number of allylic oxidation sites excluding steroid dienone is 4. The number of anilines is 4. The predicted molar refractivity (Wildman–Crippen MR) is 538 cm³/mol. The van der Waals surface area contributed by atoms with Crippen LogP contribution in [0.15, 0.2) is 461 Å². The molecule has 4 unspecified atom stereocenters. The Morgan fingerprint density at radius 1 is 0.163 bits per heavy atom. The first-order chi connectivity index (χ1) is 64.1. The zero-order chi connectivity index (χ0) is 84.3. The first kappa shape index (κ1) is 71.7. The van der Waals surface area contributed by atoms with E-state index in [1.54, 1.807) is 0 Å². The molecule has 18 aromatic carbocycles. The van der Waals surface area contributed by atoms with Gasteiger partial charge in [0.05, 0.1) is 95.1 Å². The zero-order valence-electron chi connectivity index (χ0n) is 70.3. The molecule has 28 rings (SSSR count). The monoisotopic (exact) mass is 1640 g/mol. The van der Waals surface area contributed by atoms with E-state index in [1.807, 2.05) is 0 Å². The quantitative estimate of drug-likeness (QED) is 0.114. The molecular weight excluding hydrogens is 1570 g/mol. The van der Waals surface area contributed by atoms with E-state index >= 15 is 0 Å². The van der Waals surface area contributed by atoms with Crippen LogP contribution in [0.3, 0.4) is 0 Å². The molecule has 8 heterocycles. The van der Waals surface area contributed by atoms with Gasteiger partial charge >= 0.3 is 0 Å². The van der Waals surface area contributed by atoms with Crippen molar-refractivity contribution in [2.75, 3.05) is 9.80 Å². The van der Waals surface area contributed by atoms with E-state index in [0.717, 1.165) is 89.5 Å². The van der Waals surface area contributed by atoms with Crippen molar-refractivity contribution in [3.05, 3.63) is 495 Å². The van der Waals surface area contributed by atoms with Gasteiger partial charge in [0.1, 0.15) is 0 Å². The Kier molecular flexibility index (Phi) is 15.4. The van der Waals surface area contributed by atoms with Crippen molar-refractivity contribution >= 4 is 154 Å². The van der Waals surface area contributed by atoms with Crippen LogP contribution in [0.1, 0.15) is 45.2 Å². The van der Waals surface area contributed by atoms with Crippen LogP contribution in [0.5, 0.6) is 0 Å². The molecule has 8 nitrogen and oxygen atoms in total. The molecule has 24 aromatic rings. The molecule has 2 aliphatic carbocycles. The van der Waals surface area contributed by atoms with E-state index in [9.17, 15) is 0 Å². The maximum atomic E-state index is 2.61. The van der Waals surface area contributed by atoms with E-state index in [2.05, 4.69) is 498 Å². The van der Waals surface area contributed by atoms with Gasteiger partial charge in [-0.2, -0.15) is 0 Å². The molecule has 0 amide bonds. The van der Waals surface area contributed by atoms with Gasteiger partial charge in [-0.3, -0.25) is 0 Å². The molecule has 0 fully saturated rings. The summed E-state index contributed by atoms with van der Waals surface area (Å²) in [5.74, 6) is 0.335. The Hall–Kier alpha value is -16.7. The first-order valence-corrected chi connectivity index (χ1v) is 45.0. The highest BCUT2D eigenvalue weighted by Gasteiger charge is 2.44. The van der Waals surface area contributed by atoms with Crippen LogP contribution in [0, 0.1) is 0 Å². The third kappa shape index (κ3) is 10.1. The van der Waals surface area contributed by atoms with Crippen LogP contribution in [0.4, 0.5) is 22.7 Å². The van der Waals surface area contributed by atoms with Crippen molar-refractivity contribution in [2.45, 2.75) is 29.3 Å². The van der Waals surface area contributed by atoms with E-state index in [-0.39, 0.29) is 23.9 Å². The lowest BCUT2D eigenvalue weighted by atomic mass is 9.65. The average molecular weight is 1650 g/mol. The van der Waals surface area contributed by atoms with Crippen molar-refractivity contribution < 1.29 is 0 Å². The molecule has 604 valence electrons. The summed E-state index contributed by atoms with van der Waals surface area (Å²) in [5, 5.41) is 14.5. The van der Waals surface area contributed by atoms with Gasteiger partial charge in [0.2, 0.25) is 0 Å². The van der Waals surface area contributed by atoms with Gasteiger partial charge < -0.3 is 37.2 Å². The summed E-state index contributed by atoms with van der Waals surface area (Å²) in [5.41, 5.74) is 31.4. The summed E-state index contributed by atoms with van der Waals surface area (Å²) < 4.78 is 15.2. The normalized spacial score (nSPS) is 15.9. The molecule has 2 aliphatic heterocycles. The molecule has 4 aliphatic rings. The SMILES string of the molecule is C1=CC2c3ccc4c5ccccc5n(-c5ccc(C(c6ccc(-n7c8ccccc8c8ccc9c(c87)N(c7ccccc7)C7C=CC=CC97)cc6)(c6ccc(-n7c8ccccc8c8ccc9c%10ccccc%10n(-c%10ccccc%10)c9c87)cc6)c6ccc(-n7c8ccccc8c8ccc9c%10ccccc%10n(-c%10ccccc%10)c9c87)cc6)cc5)c4c3N(c3ccccc3)C2C=C1. The summed E-state index contributed by atoms with van der Waals surface area (Å²) in [4.78, 5) is 5.22. The fourth-order valence-electron chi connectivity index (χ4n) is 23.7. The highest BCUT2D eigenvalue weighted by Crippen LogP contribution is 2.57. The fourth-order valence-corrected chi connectivity index (χ4v) is 23.7. The molecule has 4 atom stereocenters. The topological polar surface area (TPSA) is 36.1 Å². The lowest BCUT2D eigenvalue weighted by Crippen LogP contribution is -2.31. The maximum Gasteiger partial charge on any atom is 0.0788 e. The molecule has 129 heavy (non-hydrogen) atoms. The summed E-state index contributed by atoms with van der Waals surface area (Å²) >= 11 is 0. The highest BCUT2D eigenvalue weighted by molar-refractivity contribution is 6.26. The summed E-state index contributed by atoms with van der Waals surface area (Å²) in [6.45, 7) is 0. The van der Waals surface area contributed by atoms with Gasteiger partial charge in [-0.1, -0.05) is 328 Å². The Morgan fingerprint density at radius 3 is 0.643 bits per heavy atom. The van der Waals surface area contributed by atoms with Crippen molar-refractivity contribution in [1.82, 2.24) is 27.4 Å². The number of aromatic nitrogens is 6. The van der Waals surface area contributed by atoms with Crippen LogP contribution in [0.25, 0.3) is 165 Å². The third-order valence-electron chi connectivity index (χ3n) is 29.0. The Labute approximate surface area is 743 Å². The smallest absolute Gasteiger partial charge is 0.0788 e. The van der Waals surface area contributed by atoms with E-state index in [0.29, 0.717) is 0 Å². The second-order valence-electron chi connectivity index (χ2n) is 35.2. The zero-order valence-corrected chi connectivity index (χ0v) is 70.3. The molecule has 0 radical (unpaired) electrons. The number of nitrogens with zero attached hydrogens (tertiary/aromatic N) is 8. The summed E-state index contributed by atoms with van der Waals surface area (Å²) in [6, 6.07) is 156. The standard InChI is InChI=1S/C121H80N8/c1-5-29-81(30-6-1)122-105-45-21-13-37-89(105)97-69-73-101-93-41-17-25-49-109(93)126(117(101)113(97)122)85-61-53-77(54-62-85)121(78-55-63-86(64-56-78)127-110-50-26-18-42-94(110)102-74-70-98-90-38-14-22-46-106(90)123(114(98)118(102)127)82-31-7-2-8-32-82,79-57-65-87(66-58-79)128-111-51-27-19-43-95(111)103-75-71-99-91-39-15-23-47-107(91)124(115(99)119(103)128)83-33-9-3-10-34-83)80-59-67-88(68-60-80)129-112-52-28-20-44-96(112)104-76-72-100-92-40-16-24-48-108(92)125(116(100)120(104)129)84-35-11-4-12-36-84/h1-76,89-90,105-106H. The molecule has 0 saturated carbocycles. The van der Waals surface area contributed by atoms with Crippen molar-refractivity contribution in [2.24, 2.45) is 0 Å². The Balaban J connectivity index is 0.719. The van der Waals surface area contributed by atoms with Gasteiger partial charge in [-0.25, -0.2) is 0 Å². The maximum absolute atomic E-state index is 2.61. The molecule has 0 spiro atoms. The van der Waals surface area contributed by atoms with E-state index in [4.69, 9.17) is 0 Å². The van der Waals surface area contributed by atoms with E-state index < -0.39 is 5.41 Å². The van der Waals surface area contributed by atoms with Gasteiger partial charge in [0.15, 0.2) is 0 Å². The van der Waals surface area contributed by atoms with Crippen molar-refractivity contribution in [1.29, 1.82) is 0 Å². The molecule has 0 N–H and O–H groups in total. The lowest BCUT2D eigenvalue weighted by Gasteiger charge is -2.37. The Bertz CT molecular complexity index is 8400. The highest BCUT2D eigenvalue weighted by atomic mass is 15.2. The first-order valence-electron chi connectivity index (χ1n) is 45.0. The van der Waals surface area contributed by atoms with Crippen LogP contribution < -0.4 is 9.80 Å². The molecule has 0 bridgehead atoms. The van der Waals surface area contributed by atoms with Crippen molar-refractivity contribution in [3.63, 3.8) is 0 Å².